The summed E-state index contributed by atoms with van der Waals surface area (Å²) in [6.45, 7) is 2.71. The van der Waals surface area contributed by atoms with Crippen molar-refractivity contribution in [2.75, 3.05) is 13.2 Å². The molecule has 6 nitrogen and oxygen atoms in total. The second kappa shape index (κ2) is 5.65. The Hall–Kier alpha value is -2.21. The van der Waals surface area contributed by atoms with Gasteiger partial charge in [0.25, 0.3) is 5.56 Å². The third-order valence-electron chi connectivity index (χ3n) is 3.51. The molecule has 6 heteroatoms. The number of nitrogens with zero attached hydrogens (tertiary/aromatic N) is 1. The van der Waals surface area contributed by atoms with Crippen molar-refractivity contribution in [3.63, 3.8) is 0 Å². The van der Waals surface area contributed by atoms with Gasteiger partial charge in [-0.2, -0.15) is 0 Å². The first-order valence-corrected chi connectivity index (χ1v) is 7.00. The molecule has 0 amide bonds. The molecule has 3 rings (SSSR count). The van der Waals surface area contributed by atoms with E-state index >= 15 is 0 Å². The third kappa shape index (κ3) is 2.67. The Labute approximate surface area is 121 Å². The van der Waals surface area contributed by atoms with Crippen LogP contribution in [0, 0.1) is 0 Å². The van der Waals surface area contributed by atoms with Gasteiger partial charge in [-0.3, -0.25) is 9.78 Å². The van der Waals surface area contributed by atoms with Gasteiger partial charge < -0.3 is 14.5 Å². The molecule has 0 saturated carbocycles. The van der Waals surface area contributed by atoms with Crippen LogP contribution in [0.2, 0.25) is 0 Å². The minimum atomic E-state index is -0.448. The lowest BCUT2D eigenvalue weighted by Gasteiger charge is -2.09. The van der Waals surface area contributed by atoms with Gasteiger partial charge >= 0.3 is 5.97 Å². The third-order valence-corrected chi connectivity index (χ3v) is 3.51. The fourth-order valence-corrected chi connectivity index (χ4v) is 2.49. The first kappa shape index (κ1) is 13.8. The monoisotopic (exact) mass is 288 g/mol. The molecule has 1 fully saturated rings. The first-order valence-electron chi connectivity index (χ1n) is 7.00. The van der Waals surface area contributed by atoms with Crippen LogP contribution in [-0.4, -0.2) is 29.2 Å². The summed E-state index contributed by atoms with van der Waals surface area (Å²) >= 11 is 0. The molecule has 1 atom stereocenters. The molecule has 1 unspecified atom stereocenters. The number of hydrogen-bond donors (Lipinski definition) is 1. The van der Waals surface area contributed by atoms with E-state index in [0.29, 0.717) is 35.4 Å². The zero-order valence-electron chi connectivity index (χ0n) is 11.7. The lowest BCUT2D eigenvalue weighted by Crippen LogP contribution is -2.16. The van der Waals surface area contributed by atoms with Gasteiger partial charge in [0.05, 0.1) is 29.3 Å². The average molecular weight is 288 g/mol. The molecule has 1 N–H and O–H groups in total. The number of rotatable bonds is 3. The van der Waals surface area contributed by atoms with Gasteiger partial charge in [0, 0.05) is 18.4 Å². The number of aromatic nitrogens is 2. The molecule has 1 saturated heterocycles. The van der Waals surface area contributed by atoms with E-state index in [0.717, 1.165) is 12.8 Å². The second-order valence-corrected chi connectivity index (χ2v) is 4.93. The summed E-state index contributed by atoms with van der Waals surface area (Å²) in [6.07, 6.45) is 3.09. The highest BCUT2D eigenvalue weighted by atomic mass is 16.5. The van der Waals surface area contributed by atoms with E-state index in [4.69, 9.17) is 9.47 Å². The lowest BCUT2D eigenvalue weighted by molar-refractivity contribution is 0.0526. The number of esters is 1. The summed E-state index contributed by atoms with van der Waals surface area (Å²) in [7, 11) is 0. The summed E-state index contributed by atoms with van der Waals surface area (Å²) in [5.74, 6) is -0.448. The smallest absolute Gasteiger partial charge is 0.339 e. The van der Waals surface area contributed by atoms with E-state index in [2.05, 4.69) is 9.97 Å². The number of carbonyl (C=O) groups is 1. The molecule has 0 bridgehead atoms. The Morgan fingerprint density at radius 2 is 2.38 bits per heavy atom. The quantitative estimate of drug-likeness (QED) is 0.873. The molecule has 1 aliphatic rings. The van der Waals surface area contributed by atoms with Gasteiger partial charge in [0.1, 0.15) is 0 Å². The predicted molar refractivity (Wildman–Crippen MR) is 76.2 cm³/mol. The molecule has 2 aromatic rings. The fraction of sp³-hybridized carbons (Fsp3) is 0.400. The number of hydrogen-bond acceptors (Lipinski definition) is 5. The molecule has 1 aliphatic heterocycles. The number of pyridine rings is 2. The SMILES string of the molecule is CCOC(=O)c1cnc2cc(C3CCCO3)c(=O)[nH]c2c1. The molecular weight excluding hydrogens is 272 g/mol. The van der Waals surface area contributed by atoms with Gasteiger partial charge in [-0.05, 0) is 31.9 Å². The Morgan fingerprint density at radius 3 is 3.10 bits per heavy atom. The van der Waals surface area contributed by atoms with Crippen LogP contribution < -0.4 is 5.56 Å². The van der Waals surface area contributed by atoms with Crippen LogP contribution in [0.15, 0.2) is 23.1 Å². The molecule has 2 aromatic heterocycles. The lowest BCUT2D eigenvalue weighted by atomic mass is 10.1. The number of carbonyl (C=O) groups excluding carboxylic acids is 1. The highest BCUT2D eigenvalue weighted by Gasteiger charge is 2.21. The van der Waals surface area contributed by atoms with E-state index in [1.807, 2.05) is 0 Å². The zero-order valence-corrected chi connectivity index (χ0v) is 11.7. The number of fused-ring (bicyclic) bond motifs is 1. The van der Waals surface area contributed by atoms with Crippen molar-refractivity contribution >= 4 is 17.0 Å². The van der Waals surface area contributed by atoms with E-state index in [1.54, 1.807) is 19.1 Å². The van der Waals surface area contributed by atoms with E-state index in [-0.39, 0.29) is 11.7 Å². The van der Waals surface area contributed by atoms with Crippen molar-refractivity contribution < 1.29 is 14.3 Å². The van der Waals surface area contributed by atoms with Gasteiger partial charge in [0.15, 0.2) is 0 Å². The summed E-state index contributed by atoms with van der Waals surface area (Å²) in [5, 5.41) is 0. The van der Waals surface area contributed by atoms with Gasteiger partial charge in [-0.25, -0.2) is 4.79 Å². The van der Waals surface area contributed by atoms with Crippen molar-refractivity contribution in [1.29, 1.82) is 0 Å². The van der Waals surface area contributed by atoms with Crippen LogP contribution in [0.5, 0.6) is 0 Å². The van der Waals surface area contributed by atoms with Crippen LogP contribution in [0.25, 0.3) is 11.0 Å². The zero-order chi connectivity index (χ0) is 14.8. The molecule has 0 aliphatic carbocycles. The van der Waals surface area contributed by atoms with Gasteiger partial charge in [-0.15, -0.1) is 0 Å². The highest BCUT2D eigenvalue weighted by molar-refractivity contribution is 5.92. The number of ether oxygens (including phenoxy) is 2. The van der Waals surface area contributed by atoms with Crippen LogP contribution in [-0.2, 0) is 9.47 Å². The van der Waals surface area contributed by atoms with E-state index in [9.17, 15) is 9.59 Å². The van der Waals surface area contributed by atoms with Crippen LogP contribution in [0.4, 0.5) is 0 Å². The molecular formula is C15H16N2O4. The first-order chi connectivity index (χ1) is 10.2. The molecule has 0 aromatic carbocycles. The Kier molecular flexibility index (Phi) is 3.70. The fourth-order valence-electron chi connectivity index (χ4n) is 2.49. The number of nitrogens with one attached hydrogen (secondary N) is 1. The highest BCUT2D eigenvalue weighted by Crippen LogP contribution is 2.27. The van der Waals surface area contributed by atoms with E-state index in [1.165, 1.54) is 6.20 Å². The van der Waals surface area contributed by atoms with Crippen LogP contribution in [0.3, 0.4) is 0 Å². The van der Waals surface area contributed by atoms with Gasteiger partial charge in [0.2, 0.25) is 0 Å². The molecule has 3 heterocycles. The number of H-pyrrole nitrogens is 1. The maximum atomic E-state index is 12.1. The Morgan fingerprint density at radius 1 is 1.52 bits per heavy atom. The normalized spacial score (nSPS) is 18.0. The molecule has 21 heavy (non-hydrogen) atoms. The predicted octanol–water partition coefficient (Wildman–Crippen LogP) is 1.95. The minimum Gasteiger partial charge on any atom is -0.462 e. The van der Waals surface area contributed by atoms with Crippen molar-refractivity contribution in [1.82, 2.24) is 9.97 Å². The molecule has 0 spiro atoms. The summed E-state index contributed by atoms with van der Waals surface area (Å²) < 4.78 is 10.5. The summed E-state index contributed by atoms with van der Waals surface area (Å²) in [6, 6.07) is 3.32. The molecule has 110 valence electrons. The van der Waals surface area contributed by atoms with Crippen molar-refractivity contribution in [3.8, 4) is 0 Å². The van der Waals surface area contributed by atoms with Crippen LogP contribution in [0.1, 0.15) is 41.8 Å². The van der Waals surface area contributed by atoms with E-state index < -0.39 is 5.97 Å². The largest absolute Gasteiger partial charge is 0.462 e. The topological polar surface area (TPSA) is 81.3 Å². The van der Waals surface area contributed by atoms with Crippen molar-refractivity contribution in [2.24, 2.45) is 0 Å². The minimum absolute atomic E-state index is 0.162. The Balaban J connectivity index is 2.02. The number of aromatic amines is 1. The Bertz CT molecular complexity index is 732. The van der Waals surface area contributed by atoms with Gasteiger partial charge in [-0.1, -0.05) is 0 Å². The van der Waals surface area contributed by atoms with Crippen LogP contribution >= 0.6 is 0 Å². The average Bonchev–Trinajstić information content (AvgIpc) is 3.00. The van der Waals surface area contributed by atoms with Crippen molar-refractivity contribution in [2.45, 2.75) is 25.9 Å². The maximum absolute atomic E-state index is 12.1. The summed E-state index contributed by atoms with van der Waals surface area (Å²) in [4.78, 5) is 30.8. The summed E-state index contributed by atoms with van der Waals surface area (Å²) in [5.41, 5.74) is 1.87. The van der Waals surface area contributed by atoms with Crippen molar-refractivity contribution in [3.05, 3.63) is 39.8 Å². The second-order valence-electron chi connectivity index (χ2n) is 4.93. The standard InChI is InChI=1S/C15H16N2O4/c1-2-20-15(19)9-6-12-11(16-8-9)7-10(14(18)17-12)13-4-3-5-21-13/h6-8,13H,2-5H2,1H3,(H,17,18). The molecule has 0 radical (unpaired) electrons. The maximum Gasteiger partial charge on any atom is 0.339 e.